The van der Waals surface area contributed by atoms with Crippen LogP contribution >= 0.6 is 11.3 Å². The number of hydrogen-bond donors (Lipinski definition) is 1. The van der Waals surface area contributed by atoms with E-state index in [4.69, 9.17) is 4.74 Å². The second-order valence-corrected chi connectivity index (χ2v) is 9.59. The fourth-order valence-corrected chi connectivity index (χ4v) is 5.11. The van der Waals surface area contributed by atoms with E-state index in [9.17, 15) is 18.0 Å². The zero-order valence-electron chi connectivity index (χ0n) is 20.0. The van der Waals surface area contributed by atoms with Gasteiger partial charge in [-0.25, -0.2) is 22.9 Å². The summed E-state index contributed by atoms with van der Waals surface area (Å²) in [5, 5.41) is 4.57. The molecule has 0 unspecified atom stereocenters. The number of ether oxygens (including phenoxy) is 1. The Kier molecular flexibility index (Phi) is 7.73. The zero-order chi connectivity index (χ0) is 25.8. The normalized spacial score (nSPS) is 14.2. The largest absolute Gasteiger partial charge is 0.379 e. The van der Waals surface area contributed by atoms with Gasteiger partial charge in [-0.2, -0.15) is 0 Å². The summed E-state index contributed by atoms with van der Waals surface area (Å²) in [7, 11) is 0. The molecule has 0 spiro atoms. The van der Waals surface area contributed by atoms with Crippen LogP contribution in [-0.2, 0) is 11.2 Å². The smallest absolute Gasteiger partial charge is 0.321 e. The highest BCUT2D eigenvalue weighted by Crippen LogP contribution is 2.24. The van der Waals surface area contributed by atoms with Crippen LogP contribution in [-0.4, -0.2) is 71.2 Å². The number of carbonyl (C=O) groups excluding carboxylic acids is 1. The Bertz CT molecular complexity index is 1370. The summed E-state index contributed by atoms with van der Waals surface area (Å²) in [5.41, 5.74) is 2.45. The summed E-state index contributed by atoms with van der Waals surface area (Å²) in [4.78, 5) is 22.4. The Morgan fingerprint density at radius 1 is 1.05 bits per heavy atom. The number of amides is 2. The maximum absolute atomic E-state index is 14.2. The van der Waals surface area contributed by atoms with Crippen molar-refractivity contribution in [2.24, 2.45) is 0 Å². The van der Waals surface area contributed by atoms with Crippen molar-refractivity contribution in [3.05, 3.63) is 77.2 Å². The lowest BCUT2D eigenvalue weighted by atomic mass is 10.2. The average molecular weight is 530 g/mol. The molecule has 5 rings (SSSR count). The van der Waals surface area contributed by atoms with E-state index >= 15 is 0 Å². The molecule has 37 heavy (non-hydrogen) atoms. The molecule has 0 atom stereocenters. The van der Waals surface area contributed by atoms with E-state index in [0.717, 1.165) is 47.1 Å². The SMILES string of the molecule is O=C(Nc1ccc(F)cc1F)N(CCc1csc2nc(-c3ccc(F)cc3)cn12)CCN1CCOCC1. The highest BCUT2D eigenvalue weighted by molar-refractivity contribution is 7.15. The fourth-order valence-electron chi connectivity index (χ4n) is 4.21. The molecule has 0 bridgehead atoms. The number of aromatic nitrogens is 2. The van der Waals surface area contributed by atoms with Gasteiger partial charge in [0.1, 0.15) is 17.5 Å². The second kappa shape index (κ2) is 11.3. The Balaban J connectivity index is 1.30. The number of benzene rings is 2. The van der Waals surface area contributed by atoms with Crippen LogP contribution in [0.2, 0.25) is 0 Å². The molecule has 1 aliphatic rings. The first-order valence-corrected chi connectivity index (χ1v) is 12.9. The summed E-state index contributed by atoms with van der Waals surface area (Å²) >= 11 is 1.49. The maximum atomic E-state index is 14.2. The third-order valence-corrected chi connectivity index (χ3v) is 7.20. The highest BCUT2D eigenvalue weighted by atomic mass is 32.1. The van der Waals surface area contributed by atoms with E-state index < -0.39 is 17.7 Å². The van der Waals surface area contributed by atoms with Gasteiger partial charge in [-0.05, 0) is 36.4 Å². The minimum absolute atomic E-state index is 0.0701. The van der Waals surface area contributed by atoms with Gasteiger partial charge in [-0.3, -0.25) is 9.30 Å². The third-order valence-electron chi connectivity index (χ3n) is 6.31. The first-order valence-electron chi connectivity index (χ1n) is 12.0. The molecule has 0 radical (unpaired) electrons. The van der Waals surface area contributed by atoms with Crippen LogP contribution in [0.5, 0.6) is 0 Å². The van der Waals surface area contributed by atoms with E-state index in [1.54, 1.807) is 17.0 Å². The molecule has 1 saturated heterocycles. The van der Waals surface area contributed by atoms with E-state index in [2.05, 4.69) is 15.2 Å². The lowest BCUT2D eigenvalue weighted by Gasteiger charge is -2.30. The van der Waals surface area contributed by atoms with Crippen molar-refractivity contribution >= 4 is 28.0 Å². The molecular weight excluding hydrogens is 503 g/mol. The van der Waals surface area contributed by atoms with Crippen LogP contribution in [0.1, 0.15) is 5.69 Å². The van der Waals surface area contributed by atoms with Gasteiger partial charge in [-0.1, -0.05) is 0 Å². The lowest BCUT2D eigenvalue weighted by molar-refractivity contribution is 0.0352. The van der Waals surface area contributed by atoms with Crippen molar-refractivity contribution in [3.8, 4) is 11.3 Å². The van der Waals surface area contributed by atoms with E-state index in [1.165, 1.54) is 29.5 Å². The number of rotatable bonds is 8. The first kappa shape index (κ1) is 25.2. The minimum Gasteiger partial charge on any atom is -0.379 e. The Morgan fingerprint density at radius 2 is 1.81 bits per heavy atom. The van der Waals surface area contributed by atoms with Crippen molar-refractivity contribution in [3.63, 3.8) is 0 Å². The van der Waals surface area contributed by atoms with E-state index in [1.807, 2.05) is 16.0 Å². The number of nitrogens with zero attached hydrogens (tertiary/aromatic N) is 4. The van der Waals surface area contributed by atoms with Crippen LogP contribution < -0.4 is 5.32 Å². The summed E-state index contributed by atoms with van der Waals surface area (Å²) in [6.45, 7) is 4.35. The number of nitrogens with one attached hydrogen (secondary N) is 1. The lowest BCUT2D eigenvalue weighted by Crippen LogP contribution is -2.45. The monoisotopic (exact) mass is 529 g/mol. The Morgan fingerprint density at radius 3 is 2.57 bits per heavy atom. The summed E-state index contributed by atoms with van der Waals surface area (Å²) in [6, 6.07) is 8.79. The van der Waals surface area contributed by atoms with E-state index in [-0.39, 0.29) is 11.5 Å². The van der Waals surface area contributed by atoms with Crippen LogP contribution in [0, 0.1) is 17.5 Å². The molecule has 7 nitrogen and oxygen atoms in total. The van der Waals surface area contributed by atoms with Crippen molar-refractivity contribution in [2.45, 2.75) is 6.42 Å². The number of morpholine rings is 1. The van der Waals surface area contributed by atoms with Gasteiger partial charge in [0.05, 0.1) is 24.6 Å². The van der Waals surface area contributed by atoms with Crippen molar-refractivity contribution in [1.82, 2.24) is 19.2 Å². The number of fused-ring (bicyclic) bond motifs is 1. The van der Waals surface area contributed by atoms with E-state index in [0.29, 0.717) is 39.3 Å². The Hall–Kier alpha value is -3.41. The van der Waals surface area contributed by atoms with Crippen LogP contribution in [0.15, 0.2) is 54.0 Å². The summed E-state index contributed by atoms with van der Waals surface area (Å²) in [6.07, 6.45) is 2.45. The predicted molar refractivity (Wildman–Crippen MR) is 136 cm³/mol. The number of halogens is 3. The van der Waals surface area contributed by atoms with Gasteiger partial charge in [0, 0.05) is 68.0 Å². The van der Waals surface area contributed by atoms with Crippen LogP contribution in [0.4, 0.5) is 23.7 Å². The standard InChI is InChI=1S/C26H26F3N5O2S/c27-19-3-1-18(2-4-19)24-16-34-21(17-37-26(34)31-24)7-8-33(10-9-32-11-13-36-14-12-32)25(35)30-23-6-5-20(28)15-22(23)29/h1-6,15-17H,7-14H2,(H,30,35). The summed E-state index contributed by atoms with van der Waals surface area (Å²) in [5.74, 6) is -1.84. The number of thiazole rings is 1. The van der Waals surface area contributed by atoms with Gasteiger partial charge in [-0.15, -0.1) is 11.3 Å². The predicted octanol–water partition coefficient (Wildman–Crippen LogP) is 4.89. The minimum atomic E-state index is -0.826. The van der Waals surface area contributed by atoms with Gasteiger partial charge in [0.2, 0.25) is 0 Å². The third kappa shape index (κ3) is 6.12. The van der Waals surface area contributed by atoms with Gasteiger partial charge in [0.25, 0.3) is 0 Å². The number of imidazole rings is 1. The number of urea groups is 1. The molecular formula is C26H26F3N5O2S. The summed E-state index contributed by atoms with van der Waals surface area (Å²) < 4.78 is 48.2. The van der Waals surface area contributed by atoms with Crippen molar-refractivity contribution in [2.75, 3.05) is 51.3 Å². The molecule has 1 N–H and O–H groups in total. The number of carbonyl (C=O) groups is 1. The highest BCUT2D eigenvalue weighted by Gasteiger charge is 2.19. The molecule has 4 aromatic rings. The molecule has 194 valence electrons. The molecule has 1 fully saturated rings. The number of hydrogen-bond acceptors (Lipinski definition) is 5. The number of anilines is 1. The average Bonchev–Trinajstić information content (AvgIpc) is 3.48. The Labute approximate surface area is 216 Å². The first-order chi connectivity index (χ1) is 18.0. The molecule has 1 aliphatic heterocycles. The van der Waals surface area contributed by atoms with Gasteiger partial charge in [0.15, 0.2) is 4.96 Å². The van der Waals surface area contributed by atoms with Gasteiger partial charge < -0.3 is 15.0 Å². The quantitative estimate of drug-likeness (QED) is 0.353. The molecule has 11 heteroatoms. The van der Waals surface area contributed by atoms with Gasteiger partial charge >= 0.3 is 6.03 Å². The fraction of sp³-hybridized carbons (Fsp3) is 0.308. The van der Waals surface area contributed by atoms with Crippen molar-refractivity contribution in [1.29, 1.82) is 0 Å². The molecule has 2 aromatic carbocycles. The van der Waals surface area contributed by atoms with Crippen LogP contribution in [0.25, 0.3) is 16.2 Å². The molecule has 0 aliphatic carbocycles. The van der Waals surface area contributed by atoms with Crippen LogP contribution in [0.3, 0.4) is 0 Å². The molecule has 0 saturated carbocycles. The maximum Gasteiger partial charge on any atom is 0.321 e. The molecule has 2 aromatic heterocycles. The topological polar surface area (TPSA) is 62.1 Å². The zero-order valence-corrected chi connectivity index (χ0v) is 20.8. The second-order valence-electron chi connectivity index (χ2n) is 8.76. The van der Waals surface area contributed by atoms with Crippen molar-refractivity contribution < 1.29 is 22.7 Å². The molecule has 3 heterocycles. The molecule has 2 amide bonds.